The number of carboxylic acid groups (broad SMARTS) is 1. The van der Waals surface area contributed by atoms with Crippen molar-refractivity contribution in [3.8, 4) is 0 Å². The van der Waals surface area contributed by atoms with Crippen LogP contribution in [0.2, 0.25) is 0 Å². The van der Waals surface area contributed by atoms with E-state index in [1.54, 1.807) is 0 Å². The lowest BCUT2D eigenvalue weighted by Crippen LogP contribution is -1.93. The van der Waals surface area contributed by atoms with Gasteiger partial charge in [0.25, 0.3) is 0 Å². The fourth-order valence-electron chi connectivity index (χ4n) is 0.819. The molecule has 12 heavy (non-hydrogen) atoms. The molecule has 0 spiro atoms. The third kappa shape index (κ3) is 5.96. The summed E-state index contributed by atoms with van der Waals surface area (Å²) in [6.45, 7) is 6.37. The van der Waals surface area contributed by atoms with Crippen molar-refractivity contribution in [1.29, 1.82) is 0 Å². The second-order valence-electron chi connectivity index (χ2n) is 3.39. The SMILES string of the molecule is C/C(=C\CCCC(=O)O)C(C)C. The van der Waals surface area contributed by atoms with Crippen molar-refractivity contribution in [3.05, 3.63) is 11.6 Å². The number of allylic oxidation sites excluding steroid dienone is 2. The molecule has 70 valence electrons. The van der Waals surface area contributed by atoms with Gasteiger partial charge < -0.3 is 5.11 Å². The van der Waals surface area contributed by atoms with E-state index in [0.29, 0.717) is 5.92 Å². The van der Waals surface area contributed by atoms with Crippen molar-refractivity contribution >= 4 is 5.97 Å². The zero-order chi connectivity index (χ0) is 9.56. The van der Waals surface area contributed by atoms with Gasteiger partial charge in [0.15, 0.2) is 0 Å². The fourth-order valence-corrected chi connectivity index (χ4v) is 0.819. The second-order valence-corrected chi connectivity index (χ2v) is 3.39. The largest absolute Gasteiger partial charge is 0.481 e. The van der Waals surface area contributed by atoms with E-state index in [9.17, 15) is 4.79 Å². The molecule has 0 atom stereocenters. The van der Waals surface area contributed by atoms with Crippen molar-refractivity contribution < 1.29 is 9.90 Å². The standard InChI is InChI=1S/C10H18O2/c1-8(2)9(3)6-4-5-7-10(11)12/h6,8H,4-5,7H2,1-3H3,(H,11,12)/b9-6+. The maximum absolute atomic E-state index is 10.2. The Kier molecular flexibility index (Phi) is 5.43. The maximum atomic E-state index is 10.2. The van der Waals surface area contributed by atoms with Crippen LogP contribution in [0.5, 0.6) is 0 Å². The molecule has 0 amide bonds. The van der Waals surface area contributed by atoms with Gasteiger partial charge in [-0.15, -0.1) is 0 Å². The highest BCUT2D eigenvalue weighted by molar-refractivity contribution is 5.66. The molecule has 0 aliphatic carbocycles. The number of hydrogen-bond donors (Lipinski definition) is 1. The lowest BCUT2D eigenvalue weighted by atomic mass is 10.0. The number of carbonyl (C=O) groups is 1. The predicted molar refractivity (Wildman–Crippen MR) is 50.1 cm³/mol. The van der Waals surface area contributed by atoms with E-state index in [2.05, 4.69) is 26.8 Å². The van der Waals surface area contributed by atoms with Gasteiger partial charge in [-0.25, -0.2) is 0 Å². The van der Waals surface area contributed by atoms with Gasteiger partial charge in [0.05, 0.1) is 0 Å². The number of hydrogen-bond acceptors (Lipinski definition) is 1. The lowest BCUT2D eigenvalue weighted by molar-refractivity contribution is -0.137. The number of aliphatic carboxylic acids is 1. The van der Waals surface area contributed by atoms with E-state index in [4.69, 9.17) is 5.11 Å². The summed E-state index contributed by atoms with van der Waals surface area (Å²) >= 11 is 0. The molecule has 0 saturated carbocycles. The molecule has 0 fully saturated rings. The predicted octanol–water partition coefficient (Wildman–Crippen LogP) is 2.84. The molecule has 0 aromatic carbocycles. The first-order chi connectivity index (χ1) is 5.54. The zero-order valence-corrected chi connectivity index (χ0v) is 8.13. The molecule has 2 nitrogen and oxygen atoms in total. The first kappa shape index (κ1) is 11.2. The minimum atomic E-state index is -0.703. The molecule has 0 aromatic heterocycles. The van der Waals surface area contributed by atoms with Crippen molar-refractivity contribution in [1.82, 2.24) is 0 Å². The Bertz CT molecular complexity index is 169. The van der Waals surface area contributed by atoms with Crippen LogP contribution < -0.4 is 0 Å². The van der Waals surface area contributed by atoms with Gasteiger partial charge in [-0.3, -0.25) is 4.79 Å². The van der Waals surface area contributed by atoms with Gasteiger partial charge in [0.2, 0.25) is 0 Å². The topological polar surface area (TPSA) is 37.3 Å². The van der Waals surface area contributed by atoms with Crippen LogP contribution in [0.25, 0.3) is 0 Å². The molecule has 1 N–H and O–H groups in total. The lowest BCUT2D eigenvalue weighted by Gasteiger charge is -2.03. The fraction of sp³-hybridized carbons (Fsp3) is 0.700. The summed E-state index contributed by atoms with van der Waals surface area (Å²) in [7, 11) is 0. The summed E-state index contributed by atoms with van der Waals surface area (Å²) in [6, 6.07) is 0. The molecule has 0 saturated heterocycles. The first-order valence-corrected chi connectivity index (χ1v) is 4.42. The Morgan fingerprint density at radius 2 is 2.08 bits per heavy atom. The molecule has 0 bridgehead atoms. The number of rotatable bonds is 5. The molecule has 0 aliphatic heterocycles. The summed E-state index contributed by atoms with van der Waals surface area (Å²) in [4.78, 5) is 10.2. The molecule has 0 radical (unpaired) electrons. The summed E-state index contributed by atoms with van der Waals surface area (Å²) < 4.78 is 0. The van der Waals surface area contributed by atoms with Gasteiger partial charge >= 0.3 is 5.97 Å². The number of unbranched alkanes of at least 4 members (excludes halogenated alkanes) is 1. The van der Waals surface area contributed by atoms with E-state index < -0.39 is 5.97 Å². The van der Waals surface area contributed by atoms with Gasteiger partial charge in [-0.1, -0.05) is 25.5 Å². The third-order valence-corrected chi connectivity index (χ3v) is 1.97. The Hall–Kier alpha value is -0.790. The van der Waals surface area contributed by atoms with E-state index in [1.807, 2.05) is 0 Å². The highest BCUT2D eigenvalue weighted by Gasteiger charge is 1.97. The molecular formula is C10H18O2. The summed E-state index contributed by atoms with van der Waals surface area (Å²) in [5, 5.41) is 8.37. The Balaban J connectivity index is 3.53. The molecule has 2 heteroatoms. The van der Waals surface area contributed by atoms with Crippen molar-refractivity contribution in [2.75, 3.05) is 0 Å². The number of carboxylic acids is 1. The minimum absolute atomic E-state index is 0.280. The summed E-state index contributed by atoms with van der Waals surface area (Å²) in [5.74, 6) is -0.125. The van der Waals surface area contributed by atoms with E-state index >= 15 is 0 Å². The molecule has 0 unspecified atom stereocenters. The van der Waals surface area contributed by atoms with Crippen LogP contribution in [0.3, 0.4) is 0 Å². The van der Waals surface area contributed by atoms with Crippen LogP contribution in [-0.4, -0.2) is 11.1 Å². The van der Waals surface area contributed by atoms with Crippen LogP contribution in [0.4, 0.5) is 0 Å². The summed E-state index contributed by atoms with van der Waals surface area (Å²) in [6.07, 6.45) is 4.05. The van der Waals surface area contributed by atoms with Crippen LogP contribution in [0.15, 0.2) is 11.6 Å². The van der Waals surface area contributed by atoms with Gasteiger partial charge in [-0.2, -0.15) is 0 Å². The Morgan fingerprint density at radius 3 is 2.50 bits per heavy atom. The molecule has 0 aromatic rings. The van der Waals surface area contributed by atoms with Gasteiger partial charge in [-0.05, 0) is 25.7 Å². The van der Waals surface area contributed by atoms with E-state index in [0.717, 1.165) is 12.8 Å². The summed E-state index contributed by atoms with van der Waals surface area (Å²) in [5.41, 5.74) is 1.35. The van der Waals surface area contributed by atoms with Gasteiger partial charge in [0.1, 0.15) is 0 Å². The zero-order valence-electron chi connectivity index (χ0n) is 8.13. The molecular weight excluding hydrogens is 152 g/mol. The normalized spacial score (nSPS) is 12.2. The van der Waals surface area contributed by atoms with Crippen LogP contribution in [0, 0.1) is 5.92 Å². The average molecular weight is 170 g/mol. The highest BCUT2D eigenvalue weighted by atomic mass is 16.4. The molecule has 0 rings (SSSR count). The Labute approximate surface area is 74.3 Å². The van der Waals surface area contributed by atoms with Crippen LogP contribution in [-0.2, 0) is 4.79 Å². The highest BCUT2D eigenvalue weighted by Crippen LogP contribution is 2.10. The monoisotopic (exact) mass is 170 g/mol. The molecule has 0 heterocycles. The van der Waals surface area contributed by atoms with Crippen molar-refractivity contribution in [2.24, 2.45) is 5.92 Å². The van der Waals surface area contributed by atoms with E-state index in [1.165, 1.54) is 5.57 Å². The average Bonchev–Trinajstić information content (AvgIpc) is 1.97. The quantitative estimate of drug-likeness (QED) is 0.509. The van der Waals surface area contributed by atoms with E-state index in [-0.39, 0.29) is 6.42 Å². The third-order valence-electron chi connectivity index (χ3n) is 1.97. The minimum Gasteiger partial charge on any atom is -0.481 e. The smallest absolute Gasteiger partial charge is 0.303 e. The maximum Gasteiger partial charge on any atom is 0.303 e. The van der Waals surface area contributed by atoms with Crippen LogP contribution in [0.1, 0.15) is 40.0 Å². The first-order valence-electron chi connectivity index (χ1n) is 4.42. The van der Waals surface area contributed by atoms with Crippen LogP contribution >= 0.6 is 0 Å². The van der Waals surface area contributed by atoms with Crippen molar-refractivity contribution in [3.63, 3.8) is 0 Å². The second kappa shape index (κ2) is 5.81. The molecule has 0 aliphatic rings. The Morgan fingerprint density at radius 1 is 1.50 bits per heavy atom. The van der Waals surface area contributed by atoms with Crippen molar-refractivity contribution in [2.45, 2.75) is 40.0 Å². The van der Waals surface area contributed by atoms with Gasteiger partial charge in [0, 0.05) is 6.42 Å².